The molecule has 1 aliphatic carbocycles. The van der Waals surface area contributed by atoms with Gasteiger partial charge in [-0.05, 0) is 18.2 Å². The molecule has 5 N–H and O–H groups in total. The Morgan fingerprint density at radius 1 is 0.750 bits per heavy atom. The van der Waals surface area contributed by atoms with Gasteiger partial charge >= 0.3 is 0 Å². The Morgan fingerprint density at radius 3 is 1.92 bits per heavy atom. The number of aromatic hydroxyl groups is 4. The number of fused-ring (bicyclic) bond motifs is 2. The van der Waals surface area contributed by atoms with E-state index in [4.69, 9.17) is 4.55 Å². The van der Waals surface area contributed by atoms with Gasteiger partial charge in [0.2, 0.25) is 5.78 Å². The van der Waals surface area contributed by atoms with Gasteiger partial charge in [0.25, 0.3) is 10.1 Å². The maximum Gasteiger partial charge on any atom is 0.298 e. The number of phenolic OH excluding ortho intramolecular Hbond substituents is 4. The minimum Gasteiger partial charge on any atom is -0.504 e. The van der Waals surface area contributed by atoms with Crippen LogP contribution in [0.25, 0.3) is 0 Å². The van der Waals surface area contributed by atoms with Gasteiger partial charge in [0.1, 0.15) is 4.90 Å². The Bertz CT molecular complexity index is 1050. The van der Waals surface area contributed by atoms with Crippen molar-refractivity contribution in [3.63, 3.8) is 0 Å². The molecule has 10 heteroatoms. The third-order valence-electron chi connectivity index (χ3n) is 3.62. The molecule has 2 aromatic rings. The van der Waals surface area contributed by atoms with Gasteiger partial charge in [0.05, 0.1) is 11.1 Å². The molecule has 0 spiro atoms. The third-order valence-corrected chi connectivity index (χ3v) is 4.48. The molecule has 0 aliphatic heterocycles. The summed E-state index contributed by atoms with van der Waals surface area (Å²) < 4.78 is 31.5. The van der Waals surface area contributed by atoms with E-state index < -0.39 is 66.3 Å². The average molecular weight is 352 g/mol. The number of hydrogen-bond donors (Lipinski definition) is 5. The van der Waals surface area contributed by atoms with E-state index in [9.17, 15) is 38.4 Å². The molecule has 0 amide bonds. The van der Waals surface area contributed by atoms with Crippen molar-refractivity contribution in [3.05, 3.63) is 40.5 Å². The number of ketones is 2. The van der Waals surface area contributed by atoms with Crippen molar-refractivity contribution < 1.29 is 43.0 Å². The summed E-state index contributed by atoms with van der Waals surface area (Å²) in [6.45, 7) is 0. The molecule has 0 atom stereocenters. The smallest absolute Gasteiger partial charge is 0.298 e. The fourth-order valence-electron chi connectivity index (χ4n) is 2.51. The maximum absolute atomic E-state index is 12.5. The number of phenols is 4. The van der Waals surface area contributed by atoms with E-state index in [1.54, 1.807) is 0 Å². The summed E-state index contributed by atoms with van der Waals surface area (Å²) in [5.41, 5.74) is -2.27. The van der Waals surface area contributed by atoms with Crippen LogP contribution in [0.5, 0.6) is 23.0 Å². The van der Waals surface area contributed by atoms with E-state index in [-0.39, 0.29) is 5.56 Å². The number of benzene rings is 2. The van der Waals surface area contributed by atoms with Gasteiger partial charge < -0.3 is 20.4 Å². The van der Waals surface area contributed by atoms with E-state index in [2.05, 4.69) is 0 Å². The van der Waals surface area contributed by atoms with Crippen molar-refractivity contribution in [1.82, 2.24) is 0 Å². The van der Waals surface area contributed by atoms with Crippen LogP contribution in [0, 0.1) is 0 Å². The third kappa shape index (κ3) is 1.94. The Morgan fingerprint density at radius 2 is 1.33 bits per heavy atom. The molecule has 24 heavy (non-hydrogen) atoms. The van der Waals surface area contributed by atoms with Crippen molar-refractivity contribution in [2.24, 2.45) is 0 Å². The summed E-state index contributed by atoms with van der Waals surface area (Å²) in [7, 11) is -4.99. The van der Waals surface area contributed by atoms with Crippen LogP contribution in [-0.4, -0.2) is 45.0 Å². The van der Waals surface area contributed by atoms with Crippen LogP contribution < -0.4 is 0 Å². The molecule has 0 unspecified atom stereocenters. The highest BCUT2D eigenvalue weighted by molar-refractivity contribution is 7.86. The van der Waals surface area contributed by atoms with Crippen molar-refractivity contribution in [2.45, 2.75) is 4.90 Å². The molecule has 9 nitrogen and oxygen atoms in total. The predicted octanol–water partition coefficient (Wildman–Crippen LogP) is 0.531. The van der Waals surface area contributed by atoms with Gasteiger partial charge in [-0.25, -0.2) is 0 Å². The normalized spacial score (nSPS) is 13.5. The molecule has 0 saturated heterocycles. The van der Waals surface area contributed by atoms with E-state index >= 15 is 0 Å². The van der Waals surface area contributed by atoms with E-state index in [0.717, 1.165) is 12.1 Å². The number of carbonyl (C=O) groups excluding carboxylic acids is 2. The molecule has 3 rings (SSSR count). The Hall–Kier alpha value is -3.11. The fraction of sp³-hybridized carbons (Fsp3) is 0. The molecule has 0 aromatic heterocycles. The summed E-state index contributed by atoms with van der Waals surface area (Å²) in [5, 5.41) is 38.9. The van der Waals surface area contributed by atoms with Crippen molar-refractivity contribution in [2.75, 3.05) is 0 Å². The van der Waals surface area contributed by atoms with Gasteiger partial charge in [0.15, 0.2) is 28.8 Å². The first kappa shape index (κ1) is 15.8. The monoisotopic (exact) mass is 352 g/mol. The van der Waals surface area contributed by atoms with Crippen LogP contribution in [0.2, 0.25) is 0 Å². The van der Waals surface area contributed by atoms with E-state index in [0.29, 0.717) is 6.07 Å². The van der Waals surface area contributed by atoms with Crippen LogP contribution in [0.1, 0.15) is 31.8 Å². The first-order valence-corrected chi connectivity index (χ1v) is 7.70. The molecule has 0 heterocycles. The Balaban J connectivity index is 2.43. The van der Waals surface area contributed by atoms with Crippen LogP contribution in [-0.2, 0) is 10.1 Å². The fourth-order valence-corrected chi connectivity index (χ4v) is 3.12. The zero-order valence-electron chi connectivity index (χ0n) is 11.5. The second-order valence-corrected chi connectivity index (χ2v) is 6.37. The number of rotatable bonds is 1. The van der Waals surface area contributed by atoms with Crippen LogP contribution in [0.15, 0.2) is 23.1 Å². The Kier molecular flexibility index (Phi) is 3.08. The predicted molar refractivity (Wildman–Crippen MR) is 76.2 cm³/mol. The van der Waals surface area contributed by atoms with Crippen LogP contribution >= 0.6 is 0 Å². The molecule has 2 aromatic carbocycles. The second kappa shape index (κ2) is 4.69. The minimum absolute atomic E-state index is 0.339. The average Bonchev–Trinajstić information content (AvgIpc) is 2.48. The molecule has 0 saturated carbocycles. The molecular formula is C14H8O9S. The highest BCUT2D eigenvalue weighted by Gasteiger charge is 2.38. The minimum atomic E-state index is -4.99. The quantitative estimate of drug-likeness (QED) is 0.309. The van der Waals surface area contributed by atoms with Crippen molar-refractivity contribution in [1.29, 1.82) is 0 Å². The number of carbonyl (C=O) groups is 2. The van der Waals surface area contributed by atoms with Crippen LogP contribution in [0.4, 0.5) is 0 Å². The maximum atomic E-state index is 12.5. The highest BCUT2D eigenvalue weighted by Crippen LogP contribution is 2.45. The van der Waals surface area contributed by atoms with E-state index in [1.165, 1.54) is 0 Å². The standard InChI is InChI=1S/C14H8O9S/c15-6-2-1-4-8(11(6)17)13(19)9-5(10(4)16)3-7(24(21,22)23)12(18)14(9)20/h1-3,15,17-18,20H,(H,21,22,23). The number of hydrogen-bond acceptors (Lipinski definition) is 8. The summed E-state index contributed by atoms with van der Waals surface area (Å²) in [4.78, 5) is 23.8. The lowest BCUT2D eigenvalue weighted by molar-refractivity contribution is 0.0972. The van der Waals surface area contributed by atoms with Gasteiger partial charge in [-0.3, -0.25) is 14.1 Å². The second-order valence-electron chi connectivity index (χ2n) is 4.98. The summed E-state index contributed by atoms with van der Waals surface area (Å²) in [6.07, 6.45) is 0. The summed E-state index contributed by atoms with van der Waals surface area (Å²) in [5.74, 6) is -6.20. The SMILES string of the molecule is O=C1c2ccc(O)c(O)c2C(=O)c2c1cc(S(=O)(=O)O)c(O)c2O. The van der Waals surface area contributed by atoms with Gasteiger partial charge in [-0.15, -0.1) is 0 Å². The lowest BCUT2D eigenvalue weighted by Crippen LogP contribution is -2.22. The molecule has 0 bridgehead atoms. The van der Waals surface area contributed by atoms with Crippen LogP contribution in [0.3, 0.4) is 0 Å². The first-order chi connectivity index (χ1) is 11.1. The highest BCUT2D eigenvalue weighted by atomic mass is 32.2. The summed E-state index contributed by atoms with van der Waals surface area (Å²) >= 11 is 0. The van der Waals surface area contributed by atoms with Crippen molar-refractivity contribution in [3.8, 4) is 23.0 Å². The summed E-state index contributed by atoms with van der Waals surface area (Å²) in [6, 6.07) is 2.53. The Labute approximate surface area is 133 Å². The first-order valence-electron chi connectivity index (χ1n) is 6.26. The van der Waals surface area contributed by atoms with Crippen molar-refractivity contribution >= 4 is 21.7 Å². The molecule has 0 radical (unpaired) electrons. The topological polar surface area (TPSA) is 169 Å². The molecule has 0 fully saturated rings. The zero-order chi connectivity index (χ0) is 18.0. The van der Waals surface area contributed by atoms with Gasteiger partial charge in [-0.1, -0.05) is 0 Å². The van der Waals surface area contributed by atoms with Gasteiger partial charge in [0, 0.05) is 11.1 Å². The van der Waals surface area contributed by atoms with E-state index in [1.807, 2.05) is 0 Å². The zero-order valence-corrected chi connectivity index (χ0v) is 12.3. The lowest BCUT2D eigenvalue weighted by atomic mass is 9.82. The molecule has 124 valence electrons. The van der Waals surface area contributed by atoms with Gasteiger partial charge in [-0.2, -0.15) is 8.42 Å². The lowest BCUT2D eigenvalue weighted by Gasteiger charge is -2.20. The molecular weight excluding hydrogens is 344 g/mol. The largest absolute Gasteiger partial charge is 0.504 e. The molecule has 1 aliphatic rings.